The van der Waals surface area contributed by atoms with Crippen LogP contribution in [-0.4, -0.2) is 22.8 Å². The number of carbonyl (C=O) groups is 1. The third-order valence-electron chi connectivity index (χ3n) is 4.37. The summed E-state index contributed by atoms with van der Waals surface area (Å²) in [5, 5.41) is 8.13. The Morgan fingerprint density at radius 3 is 2.21 bits per heavy atom. The first-order chi connectivity index (χ1) is 13.7. The SMILES string of the molecule is COc1ccc(-n2nc(C(=O)Nc3ccccc3)c3ccccc3c2=O)cc1. The van der Waals surface area contributed by atoms with Crippen molar-refractivity contribution in [2.24, 2.45) is 0 Å². The monoisotopic (exact) mass is 371 g/mol. The van der Waals surface area contributed by atoms with E-state index in [0.29, 0.717) is 27.9 Å². The molecule has 138 valence electrons. The van der Waals surface area contributed by atoms with Crippen molar-refractivity contribution >= 4 is 22.4 Å². The molecule has 28 heavy (non-hydrogen) atoms. The molecule has 1 aromatic heterocycles. The normalized spacial score (nSPS) is 10.6. The number of nitrogens with zero attached hydrogens (tertiary/aromatic N) is 2. The quantitative estimate of drug-likeness (QED) is 0.594. The molecule has 0 atom stereocenters. The number of hydrogen-bond acceptors (Lipinski definition) is 4. The van der Waals surface area contributed by atoms with Crippen LogP contribution in [0.3, 0.4) is 0 Å². The number of benzene rings is 3. The Labute approximate surface area is 161 Å². The third kappa shape index (κ3) is 3.23. The van der Waals surface area contributed by atoms with Gasteiger partial charge in [0.2, 0.25) is 0 Å². The van der Waals surface area contributed by atoms with Crippen LogP contribution < -0.4 is 15.6 Å². The van der Waals surface area contributed by atoms with Crippen LogP contribution >= 0.6 is 0 Å². The highest BCUT2D eigenvalue weighted by atomic mass is 16.5. The van der Waals surface area contributed by atoms with Crippen LogP contribution in [0.4, 0.5) is 5.69 Å². The minimum absolute atomic E-state index is 0.176. The molecular weight excluding hydrogens is 354 g/mol. The Hall–Kier alpha value is -3.93. The maximum absolute atomic E-state index is 13.0. The van der Waals surface area contributed by atoms with E-state index in [1.54, 1.807) is 67.8 Å². The molecule has 0 aliphatic carbocycles. The van der Waals surface area contributed by atoms with Crippen LogP contribution in [0.1, 0.15) is 10.5 Å². The van der Waals surface area contributed by atoms with E-state index >= 15 is 0 Å². The van der Waals surface area contributed by atoms with Crippen LogP contribution in [0.25, 0.3) is 16.5 Å². The zero-order chi connectivity index (χ0) is 19.5. The van der Waals surface area contributed by atoms with E-state index in [-0.39, 0.29) is 17.2 Å². The molecule has 0 aliphatic rings. The number of fused-ring (bicyclic) bond motifs is 1. The predicted molar refractivity (Wildman–Crippen MR) is 108 cm³/mol. The average molecular weight is 371 g/mol. The van der Waals surface area contributed by atoms with E-state index < -0.39 is 0 Å². The fraction of sp³-hybridized carbons (Fsp3) is 0.0455. The molecule has 0 aliphatic heterocycles. The van der Waals surface area contributed by atoms with Gasteiger partial charge in [-0.25, -0.2) is 0 Å². The van der Waals surface area contributed by atoms with Gasteiger partial charge < -0.3 is 10.1 Å². The minimum atomic E-state index is -0.385. The van der Waals surface area contributed by atoms with Crippen LogP contribution in [0, 0.1) is 0 Å². The minimum Gasteiger partial charge on any atom is -0.497 e. The van der Waals surface area contributed by atoms with Gasteiger partial charge in [0.05, 0.1) is 18.2 Å². The van der Waals surface area contributed by atoms with Gasteiger partial charge in [-0.3, -0.25) is 9.59 Å². The molecule has 4 aromatic rings. The van der Waals surface area contributed by atoms with Crippen molar-refractivity contribution < 1.29 is 9.53 Å². The second-order valence-electron chi connectivity index (χ2n) is 6.13. The van der Waals surface area contributed by atoms with E-state index in [2.05, 4.69) is 10.4 Å². The largest absolute Gasteiger partial charge is 0.497 e. The zero-order valence-electron chi connectivity index (χ0n) is 15.1. The summed E-state index contributed by atoms with van der Waals surface area (Å²) in [7, 11) is 1.57. The van der Waals surface area contributed by atoms with Gasteiger partial charge in [0, 0.05) is 11.1 Å². The molecule has 3 aromatic carbocycles. The Morgan fingerprint density at radius 2 is 1.54 bits per heavy atom. The van der Waals surface area contributed by atoms with Crippen molar-refractivity contribution in [3.05, 3.63) is 94.9 Å². The number of ether oxygens (including phenoxy) is 1. The number of rotatable bonds is 4. The summed E-state index contributed by atoms with van der Waals surface area (Å²) in [5.74, 6) is 0.282. The number of carbonyl (C=O) groups excluding carboxylic acids is 1. The molecule has 0 unspecified atom stereocenters. The van der Waals surface area contributed by atoms with Crippen LogP contribution in [-0.2, 0) is 0 Å². The van der Waals surface area contributed by atoms with Gasteiger partial charge >= 0.3 is 0 Å². The summed E-state index contributed by atoms with van der Waals surface area (Å²) in [6.07, 6.45) is 0. The summed E-state index contributed by atoms with van der Waals surface area (Å²) in [6.45, 7) is 0. The maximum Gasteiger partial charge on any atom is 0.279 e. The van der Waals surface area contributed by atoms with Crippen LogP contribution in [0.15, 0.2) is 83.7 Å². The van der Waals surface area contributed by atoms with Crippen LogP contribution in [0.2, 0.25) is 0 Å². The lowest BCUT2D eigenvalue weighted by molar-refractivity contribution is 0.102. The molecule has 0 bridgehead atoms. The summed E-state index contributed by atoms with van der Waals surface area (Å²) in [4.78, 5) is 25.9. The summed E-state index contributed by atoms with van der Waals surface area (Å²) >= 11 is 0. The molecule has 0 spiro atoms. The molecule has 0 fully saturated rings. The van der Waals surface area contributed by atoms with Gasteiger partial charge in [0.1, 0.15) is 5.75 Å². The zero-order valence-corrected chi connectivity index (χ0v) is 15.1. The highest BCUT2D eigenvalue weighted by Gasteiger charge is 2.17. The molecule has 1 heterocycles. The second kappa shape index (κ2) is 7.36. The first kappa shape index (κ1) is 17.5. The van der Waals surface area contributed by atoms with Gasteiger partial charge in [0.25, 0.3) is 11.5 Å². The standard InChI is InChI=1S/C22H17N3O3/c1-28-17-13-11-16(12-14-17)25-22(27)19-10-6-5-9-18(19)20(24-25)21(26)23-15-7-3-2-4-8-15/h2-14H,1H3,(H,23,26). The summed E-state index contributed by atoms with van der Waals surface area (Å²) in [6, 6.07) is 23.0. The number of hydrogen-bond donors (Lipinski definition) is 1. The summed E-state index contributed by atoms with van der Waals surface area (Å²) in [5.41, 5.74) is 1.08. The van der Waals surface area contributed by atoms with E-state index in [4.69, 9.17) is 4.74 Å². The lowest BCUT2D eigenvalue weighted by Gasteiger charge is -2.12. The van der Waals surface area contributed by atoms with Crippen molar-refractivity contribution in [1.29, 1.82) is 0 Å². The lowest BCUT2D eigenvalue weighted by atomic mass is 10.1. The number of anilines is 1. The third-order valence-corrected chi connectivity index (χ3v) is 4.37. The number of para-hydroxylation sites is 1. The first-order valence-corrected chi connectivity index (χ1v) is 8.70. The van der Waals surface area contributed by atoms with E-state index in [9.17, 15) is 9.59 Å². The van der Waals surface area contributed by atoms with Crippen LogP contribution in [0.5, 0.6) is 5.75 Å². The molecule has 0 saturated heterocycles. The summed E-state index contributed by atoms with van der Waals surface area (Å²) < 4.78 is 6.40. The van der Waals surface area contributed by atoms with Gasteiger partial charge in [0.15, 0.2) is 5.69 Å². The number of amides is 1. The Bertz CT molecular complexity index is 1200. The highest BCUT2D eigenvalue weighted by Crippen LogP contribution is 2.18. The van der Waals surface area contributed by atoms with Gasteiger partial charge in [-0.05, 0) is 42.5 Å². The van der Waals surface area contributed by atoms with Crippen molar-refractivity contribution in [2.75, 3.05) is 12.4 Å². The molecule has 0 saturated carbocycles. The molecule has 6 nitrogen and oxygen atoms in total. The van der Waals surface area contributed by atoms with E-state index in [1.807, 2.05) is 18.2 Å². The average Bonchev–Trinajstić information content (AvgIpc) is 2.75. The van der Waals surface area contributed by atoms with Crippen molar-refractivity contribution in [3.8, 4) is 11.4 Å². The van der Waals surface area contributed by atoms with Crippen molar-refractivity contribution in [3.63, 3.8) is 0 Å². The second-order valence-corrected chi connectivity index (χ2v) is 6.13. The van der Waals surface area contributed by atoms with E-state index in [1.165, 1.54) is 4.68 Å². The molecule has 1 N–H and O–H groups in total. The van der Waals surface area contributed by atoms with Crippen molar-refractivity contribution in [2.45, 2.75) is 0 Å². The molecule has 1 amide bonds. The topological polar surface area (TPSA) is 73.2 Å². The number of methoxy groups -OCH3 is 1. The highest BCUT2D eigenvalue weighted by molar-refractivity contribution is 6.11. The maximum atomic E-state index is 13.0. The first-order valence-electron chi connectivity index (χ1n) is 8.70. The Kier molecular flexibility index (Phi) is 4.60. The lowest BCUT2D eigenvalue weighted by Crippen LogP contribution is -2.26. The number of aromatic nitrogens is 2. The van der Waals surface area contributed by atoms with E-state index in [0.717, 1.165) is 0 Å². The van der Waals surface area contributed by atoms with Crippen molar-refractivity contribution in [1.82, 2.24) is 9.78 Å². The smallest absolute Gasteiger partial charge is 0.279 e. The molecular formula is C22H17N3O3. The van der Waals surface area contributed by atoms with Gasteiger partial charge in [-0.2, -0.15) is 9.78 Å². The number of nitrogens with one attached hydrogen (secondary N) is 1. The molecule has 6 heteroatoms. The Morgan fingerprint density at radius 1 is 0.893 bits per heavy atom. The predicted octanol–water partition coefficient (Wildman–Crippen LogP) is 3.65. The molecule has 0 radical (unpaired) electrons. The van der Waals surface area contributed by atoms with Gasteiger partial charge in [-0.15, -0.1) is 0 Å². The Balaban J connectivity index is 1.86. The van der Waals surface area contributed by atoms with Gasteiger partial charge in [-0.1, -0.05) is 36.4 Å². The fourth-order valence-corrected chi connectivity index (χ4v) is 2.97. The molecule has 4 rings (SSSR count). The fourth-order valence-electron chi connectivity index (χ4n) is 2.97.